The number of carbonyl (C=O) groups is 2. The third kappa shape index (κ3) is 4.99. The third-order valence-electron chi connectivity index (χ3n) is 4.66. The quantitative estimate of drug-likeness (QED) is 0.672. The monoisotopic (exact) mass is 387 g/mol. The molecular weight excluding hydrogens is 362 g/mol. The van der Waals surface area contributed by atoms with Crippen molar-refractivity contribution < 1.29 is 19.1 Å². The number of methoxy groups -OCH3 is 1. The molecule has 0 radical (unpaired) electrons. The lowest BCUT2D eigenvalue weighted by Gasteiger charge is -2.12. The van der Waals surface area contributed by atoms with Crippen LogP contribution in [0.3, 0.4) is 0 Å². The molecule has 2 amide bonds. The van der Waals surface area contributed by atoms with Gasteiger partial charge in [-0.15, -0.1) is 0 Å². The van der Waals surface area contributed by atoms with Gasteiger partial charge in [-0.05, 0) is 31.7 Å². The topological polar surface area (TPSA) is 118 Å². The van der Waals surface area contributed by atoms with Crippen molar-refractivity contribution in [3.8, 4) is 5.88 Å². The second-order valence-corrected chi connectivity index (χ2v) is 6.71. The first kappa shape index (κ1) is 19.7. The van der Waals surface area contributed by atoms with Crippen molar-refractivity contribution in [2.75, 3.05) is 19.0 Å². The number of hydrogen-bond donors (Lipinski definition) is 3. The fourth-order valence-corrected chi connectivity index (χ4v) is 3.21. The zero-order chi connectivity index (χ0) is 19.9. The summed E-state index contributed by atoms with van der Waals surface area (Å²) in [5, 5.41) is 12.6. The smallest absolute Gasteiger partial charge is 0.407 e. The predicted molar refractivity (Wildman–Crippen MR) is 102 cm³/mol. The second-order valence-electron chi connectivity index (χ2n) is 6.71. The van der Waals surface area contributed by atoms with Crippen LogP contribution in [0.4, 0.5) is 10.6 Å². The highest BCUT2D eigenvalue weighted by atomic mass is 16.6. The first-order valence-corrected chi connectivity index (χ1v) is 9.40. The Kier molecular flexibility index (Phi) is 6.46. The molecule has 2 heterocycles. The van der Waals surface area contributed by atoms with Gasteiger partial charge in [0.2, 0.25) is 5.88 Å². The molecule has 3 rings (SSSR count). The summed E-state index contributed by atoms with van der Waals surface area (Å²) in [7, 11) is 1.50. The van der Waals surface area contributed by atoms with E-state index in [2.05, 4.69) is 25.8 Å². The van der Waals surface area contributed by atoms with Crippen molar-refractivity contribution in [1.82, 2.24) is 20.5 Å². The highest BCUT2D eigenvalue weighted by molar-refractivity contribution is 6.03. The van der Waals surface area contributed by atoms with Gasteiger partial charge in [-0.25, -0.2) is 9.78 Å². The molecule has 1 aliphatic carbocycles. The first-order valence-electron chi connectivity index (χ1n) is 9.40. The van der Waals surface area contributed by atoms with Gasteiger partial charge in [0, 0.05) is 42.0 Å². The number of anilines is 1. The van der Waals surface area contributed by atoms with Crippen LogP contribution in [-0.4, -0.2) is 46.9 Å². The van der Waals surface area contributed by atoms with Crippen LogP contribution in [0.5, 0.6) is 5.88 Å². The molecule has 9 heteroatoms. The van der Waals surface area contributed by atoms with E-state index in [1.165, 1.54) is 13.3 Å². The number of nitrogens with zero attached hydrogens (tertiary/aromatic N) is 2. The molecule has 2 aromatic rings. The summed E-state index contributed by atoms with van der Waals surface area (Å²) in [5.74, 6) is 0.735. The molecule has 9 nitrogen and oxygen atoms in total. The van der Waals surface area contributed by atoms with Gasteiger partial charge < -0.3 is 20.1 Å². The summed E-state index contributed by atoms with van der Waals surface area (Å²) in [6.45, 7) is 2.60. The van der Waals surface area contributed by atoms with Crippen LogP contribution in [0.2, 0.25) is 0 Å². The molecule has 0 saturated heterocycles. The van der Waals surface area contributed by atoms with Crippen molar-refractivity contribution in [1.29, 1.82) is 0 Å². The minimum Gasteiger partial charge on any atom is -0.481 e. The molecule has 1 fully saturated rings. The number of carbonyl (C=O) groups excluding carboxylic acids is 2. The van der Waals surface area contributed by atoms with E-state index in [1.807, 2.05) is 13.0 Å². The molecule has 0 bridgehead atoms. The minimum absolute atomic E-state index is 0.104. The average molecular weight is 387 g/mol. The fourth-order valence-electron chi connectivity index (χ4n) is 3.21. The van der Waals surface area contributed by atoms with Crippen LogP contribution in [0, 0.1) is 0 Å². The van der Waals surface area contributed by atoms with E-state index in [1.54, 1.807) is 12.1 Å². The van der Waals surface area contributed by atoms with Gasteiger partial charge in [-0.1, -0.05) is 6.92 Å². The maximum absolute atomic E-state index is 12.4. The van der Waals surface area contributed by atoms with E-state index in [9.17, 15) is 9.59 Å². The van der Waals surface area contributed by atoms with Crippen molar-refractivity contribution in [3.63, 3.8) is 0 Å². The zero-order valence-electron chi connectivity index (χ0n) is 16.0. The standard InChI is InChI=1S/C19H25N5O4/c1-3-7-21-19(26)28-14-5-4-12(9-14)15-11-16(24-23-15)22-18(25)13-6-8-20-17(10-13)27-2/h6,8,10-12,14H,3-5,7,9H2,1-2H3,(H,21,26)(H2,22,23,24,25). The number of ether oxygens (including phenoxy) is 2. The molecule has 2 unspecified atom stereocenters. The van der Waals surface area contributed by atoms with Gasteiger partial charge in [0.15, 0.2) is 5.82 Å². The average Bonchev–Trinajstić information content (AvgIpc) is 3.35. The molecule has 0 spiro atoms. The largest absolute Gasteiger partial charge is 0.481 e. The fraction of sp³-hybridized carbons (Fsp3) is 0.474. The first-order chi connectivity index (χ1) is 13.6. The minimum atomic E-state index is -0.363. The van der Waals surface area contributed by atoms with Crippen molar-refractivity contribution >= 4 is 17.8 Å². The highest BCUT2D eigenvalue weighted by Gasteiger charge is 2.30. The third-order valence-corrected chi connectivity index (χ3v) is 4.66. The Labute approximate surface area is 163 Å². The van der Waals surface area contributed by atoms with E-state index in [0.29, 0.717) is 23.8 Å². The zero-order valence-corrected chi connectivity index (χ0v) is 16.0. The molecule has 28 heavy (non-hydrogen) atoms. The number of amides is 2. The molecular formula is C19H25N5O4. The van der Waals surface area contributed by atoms with Crippen LogP contribution in [0.25, 0.3) is 0 Å². The number of rotatable bonds is 7. The van der Waals surface area contributed by atoms with Gasteiger partial charge in [-0.3, -0.25) is 9.89 Å². The van der Waals surface area contributed by atoms with E-state index < -0.39 is 0 Å². The number of alkyl carbamates (subject to hydrolysis) is 1. The highest BCUT2D eigenvalue weighted by Crippen LogP contribution is 2.35. The number of H-pyrrole nitrogens is 1. The molecule has 3 N–H and O–H groups in total. The van der Waals surface area contributed by atoms with E-state index >= 15 is 0 Å². The van der Waals surface area contributed by atoms with Crippen molar-refractivity contribution in [3.05, 3.63) is 35.7 Å². The van der Waals surface area contributed by atoms with Crippen molar-refractivity contribution in [2.24, 2.45) is 0 Å². The van der Waals surface area contributed by atoms with Gasteiger partial charge in [0.05, 0.1) is 7.11 Å². The Hall–Kier alpha value is -3.10. The number of aromatic nitrogens is 3. The van der Waals surface area contributed by atoms with Gasteiger partial charge in [0.25, 0.3) is 5.91 Å². The van der Waals surface area contributed by atoms with Crippen LogP contribution < -0.4 is 15.4 Å². The molecule has 1 saturated carbocycles. The Balaban J connectivity index is 1.54. The lowest BCUT2D eigenvalue weighted by molar-refractivity contribution is 0.0998. The Bertz CT molecular complexity index is 822. The Morgan fingerprint density at radius 3 is 2.96 bits per heavy atom. The van der Waals surface area contributed by atoms with Gasteiger partial charge in [-0.2, -0.15) is 5.10 Å². The van der Waals surface area contributed by atoms with E-state index in [4.69, 9.17) is 9.47 Å². The van der Waals surface area contributed by atoms with Gasteiger partial charge >= 0.3 is 6.09 Å². The number of hydrogen-bond acceptors (Lipinski definition) is 6. The summed E-state index contributed by atoms with van der Waals surface area (Å²) >= 11 is 0. The summed E-state index contributed by atoms with van der Waals surface area (Å²) < 4.78 is 10.5. The van der Waals surface area contributed by atoms with Crippen LogP contribution in [0.15, 0.2) is 24.4 Å². The number of pyridine rings is 1. The maximum Gasteiger partial charge on any atom is 0.407 e. The molecule has 2 atom stereocenters. The summed E-state index contributed by atoms with van der Waals surface area (Å²) in [5.41, 5.74) is 1.35. The second kappa shape index (κ2) is 9.20. The lowest BCUT2D eigenvalue weighted by atomic mass is 10.0. The Morgan fingerprint density at radius 1 is 1.32 bits per heavy atom. The van der Waals surface area contributed by atoms with E-state index in [-0.39, 0.29) is 24.0 Å². The van der Waals surface area contributed by atoms with Gasteiger partial charge in [0.1, 0.15) is 6.10 Å². The summed E-state index contributed by atoms with van der Waals surface area (Å²) in [4.78, 5) is 28.0. The van der Waals surface area contributed by atoms with Crippen LogP contribution >= 0.6 is 0 Å². The summed E-state index contributed by atoms with van der Waals surface area (Å²) in [6.07, 6.45) is 4.35. The molecule has 150 valence electrons. The van der Waals surface area contributed by atoms with E-state index in [0.717, 1.165) is 31.4 Å². The molecule has 2 aromatic heterocycles. The normalized spacial score (nSPS) is 18.5. The molecule has 1 aliphatic rings. The van der Waals surface area contributed by atoms with Crippen LogP contribution in [0.1, 0.15) is 54.6 Å². The predicted octanol–water partition coefficient (Wildman–Crippen LogP) is 2.84. The molecule has 0 aliphatic heterocycles. The molecule has 0 aromatic carbocycles. The summed E-state index contributed by atoms with van der Waals surface area (Å²) in [6, 6.07) is 4.99. The lowest BCUT2D eigenvalue weighted by Crippen LogP contribution is -2.28. The SMILES string of the molecule is CCCNC(=O)OC1CCC(c2cc(NC(=O)c3ccnc(OC)c3)n[nH]2)C1. The van der Waals surface area contributed by atoms with Crippen molar-refractivity contribution in [2.45, 2.75) is 44.6 Å². The van der Waals surface area contributed by atoms with Crippen LogP contribution in [-0.2, 0) is 4.74 Å². The maximum atomic E-state index is 12.4. The number of aromatic amines is 1. The Morgan fingerprint density at radius 2 is 2.18 bits per heavy atom. The number of nitrogens with one attached hydrogen (secondary N) is 3.